The van der Waals surface area contributed by atoms with Crippen LogP contribution >= 0.6 is 0 Å². The van der Waals surface area contributed by atoms with E-state index in [0.717, 1.165) is 13.1 Å². The number of aryl methyl sites for hydroxylation is 1. The Hall–Kier alpha value is -0.860. The van der Waals surface area contributed by atoms with Gasteiger partial charge in [0.05, 0.1) is 0 Å². The van der Waals surface area contributed by atoms with E-state index >= 15 is 0 Å². The molecule has 3 rings (SSSR count). The van der Waals surface area contributed by atoms with Gasteiger partial charge in [-0.3, -0.25) is 4.90 Å². The first-order valence-corrected chi connectivity index (χ1v) is 7.39. The summed E-state index contributed by atoms with van der Waals surface area (Å²) in [7, 11) is 0. The lowest BCUT2D eigenvalue weighted by molar-refractivity contribution is 0.192. The van der Waals surface area contributed by atoms with Crippen molar-refractivity contribution in [2.75, 3.05) is 19.6 Å². The smallest absolute Gasteiger partial charge is 0.0476 e. The van der Waals surface area contributed by atoms with Crippen LogP contribution in [0.25, 0.3) is 0 Å². The van der Waals surface area contributed by atoms with E-state index in [1.54, 1.807) is 5.56 Å². The number of rotatable bonds is 1. The first kappa shape index (κ1) is 12.2. The average Bonchev–Trinajstić information content (AvgIpc) is 2.67. The molecule has 0 aliphatic carbocycles. The molecule has 1 N–H and O–H groups in total. The molecule has 2 aliphatic rings. The molecule has 2 heteroatoms. The van der Waals surface area contributed by atoms with Crippen molar-refractivity contribution in [2.45, 2.75) is 45.2 Å². The Morgan fingerprint density at radius 1 is 1.11 bits per heavy atom. The van der Waals surface area contributed by atoms with Gasteiger partial charge in [0, 0.05) is 19.1 Å². The minimum Gasteiger partial charge on any atom is -0.311 e. The van der Waals surface area contributed by atoms with Crippen molar-refractivity contribution < 1.29 is 0 Å². The number of nitrogens with one attached hydrogen (secondary N) is 1. The quantitative estimate of drug-likeness (QED) is 0.817. The predicted molar refractivity (Wildman–Crippen MR) is 75.7 cm³/mol. The van der Waals surface area contributed by atoms with Crippen LogP contribution in [0.2, 0.25) is 0 Å². The summed E-state index contributed by atoms with van der Waals surface area (Å²) >= 11 is 0. The van der Waals surface area contributed by atoms with Gasteiger partial charge in [0.15, 0.2) is 0 Å². The third-order valence-electron chi connectivity index (χ3n) is 4.39. The molecule has 18 heavy (non-hydrogen) atoms. The van der Waals surface area contributed by atoms with Crippen LogP contribution in [0.3, 0.4) is 0 Å². The summed E-state index contributed by atoms with van der Waals surface area (Å²) in [5, 5.41) is 3.59. The summed E-state index contributed by atoms with van der Waals surface area (Å²) in [6.07, 6.45) is 5.57. The molecule has 0 amide bonds. The van der Waals surface area contributed by atoms with Gasteiger partial charge in [-0.25, -0.2) is 0 Å². The van der Waals surface area contributed by atoms with Gasteiger partial charge in [-0.05, 0) is 44.0 Å². The SMILES string of the molecule is Cc1ccc2c(c1)[C@@H](N1CCCCCC1)CNC2. The Labute approximate surface area is 110 Å². The van der Waals surface area contributed by atoms with E-state index in [0.29, 0.717) is 6.04 Å². The first-order chi connectivity index (χ1) is 8.84. The summed E-state index contributed by atoms with van der Waals surface area (Å²) < 4.78 is 0. The standard InChI is InChI=1S/C16H24N2/c1-13-6-7-14-11-17-12-16(15(14)10-13)18-8-4-2-3-5-9-18/h6-7,10,16-17H,2-5,8-9,11-12H2,1H3/t16-/m0/s1. The fourth-order valence-corrected chi connectivity index (χ4v) is 3.37. The van der Waals surface area contributed by atoms with Crippen LogP contribution < -0.4 is 5.32 Å². The average molecular weight is 244 g/mol. The molecule has 0 spiro atoms. The maximum atomic E-state index is 3.59. The third-order valence-corrected chi connectivity index (χ3v) is 4.39. The van der Waals surface area contributed by atoms with Crippen molar-refractivity contribution in [3.8, 4) is 0 Å². The molecular formula is C16H24N2. The van der Waals surface area contributed by atoms with Crippen LogP contribution in [0, 0.1) is 6.92 Å². The number of fused-ring (bicyclic) bond motifs is 1. The van der Waals surface area contributed by atoms with Gasteiger partial charge in [0.1, 0.15) is 0 Å². The van der Waals surface area contributed by atoms with Crippen molar-refractivity contribution in [3.05, 3.63) is 34.9 Å². The molecule has 98 valence electrons. The minimum atomic E-state index is 0.603. The van der Waals surface area contributed by atoms with Gasteiger partial charge in [-0.2, -0.15) is 0 Å². The van der Waals surface area contributed by atoms with Crippen LogP contribution in [0.15, 0.2) is 18.2 Å². The molecule has 0 bridgehead atoms. The Morgan fingerprint density at radius 3 is 2.67 bits per heavy atom. The molecule has 2 heterocycles. The van der Waals surface area contributed by atoms with Crippen LogP contribution in [-0.4, -0.2) is 24.5 Å². The molecule has 1 aromatic rings. The highest BCUT2D eigenvalue weighted by molar-refractivity contribution is 5.36. The zero-order chi connectivity index (χ0) is 12.4. The van der Waals surface area contributed by atoms with Crippen LogP contribution in [0.4, 0.5) is 0 Å². The van der Waals surface area contributed by atoms with Gasteiger partial charge in [0.25, 0.3) is 0 Å². The molecule has 0 aromatic heterocycles. The molecule has 2 aliphatic heterocycles. The molecule has 0 saturated carbocycles. The van der Waals surface area contributed by atoms with Crippen LogP contribution in [0.1, 0.15) is 48.4 Å². The molecule has 1 saturated heterocycles. The lowest BCUT2D eigenvalue weighted by Crippen LogP contribution is -2.40. The molecule has 1 aromatic carbocycles. The van der Waals surface area contributed by atoms with E-state index in [-0.39, 0.29) is 0 Å². The van der Waals surface area contributed by atoms with E-state index in [4.69, 9.17) is 0 Å². The molecule has 2 nitrogen and oxygen atoms in total. The van der Waals surface area contributed by atoms with Crippen molar-refractivity contribution in [1.82, 2.24) is 10.2 Å². The highest BCUT2D eigenvalue weighted by Gasteiger charge is 2.26. The van der Waals surface area contributed by atoms with Gasteiger partial charge >= 0.3 is 0 Å². The van der Waals surface area contributed by atoms with E-state index in [1.807, 2.05) is 0 Å². The van der Waals surface area contributed by atoms with Gasteiger partial charge in [-0.1, -0.05) is 36.6 Å². The zero-order valence-electron chi connectivity index (χ0n) is 11.4. The second-order valence-electron chi connectivity index (χ2n) is 5.80. The van der Waals surface area contributed by atoms with Crippen molar-refractivity contribution in [2.24, 2.45) is 0 Å². The number of benzene rings is 1. The van der Waals surface area contributed by atoms with E-state index < -0.39 is 0 Å². The number of nitrogens with zero attached hydrogens (tertiary/aromatic N) is 1. The lowest BCUT2D eigenvalue weighted by Gasteiger charge is -2.35. The van der Waals surface area contributed by atoms with Crippen LogP contribution in [-0.2, 0) is 6.54 Å². The maximum Gasteiger partial charge on any atom is 0.0476 e. The van der Waals surface area contributed by atoms with E-state index in [2.05, 4.69) is 35.3 Å². The molecule has 0 unspecified atom stereocenters. The summed E-state index contributed by atoms with van der Waals surface area (Å²) in [5.41, 5.74) is 4.48. The monoisotopic (exact) mass is 244 g/mol. The van der Waals surface area contributed by atoms with Gasteiger partial charge in [-0.15, -0.1) is 0 Å². The molecule has 0 radical (unpaired) electrons. The lowest BCUT2D eigenvalue weighted by atomic mass is 9.93. The molecule has 1 atom stereocenters. The number of hydrogen-bond donors (Lipinski definition) is 1. The van der Waals surface area contributed by atoms with Crippen LogP contribution in [0.5, 0.6) is 0 Å². The van der Waals surface area contributed by atoms with E-state index in [1.165, 1.54) is 49.9 Å². The summed E-state index contributed by atoms with van der Waals surface area (Å²) in [5.74, 6) is 0. The maximum absolute atomic E-state index is 3.59. The first-order valence-electron chi connectivity index (χ1n) is 7.39. The Bertz CT molecular complexity index is 406. The predicted octanol–water partition coefficient (Wildman–Crippen LogP) is 3.02. The molecule has 1 fully saturated rings. The van der Waals surface area contributed by atoms with Crippen molar-refractivity contribution in [1.29, 1.82) is 0 Å². The second kappa shape index (κ2) is 5.41. The summed E-state index contributed by atoms with van der Waals surface area (Å²) in [6, 6.07) is 7.56. The van der Waals surface area contributed by atoms with Gasteiger partial charge in [0.2, 0.25) is 0 Å². The normalized spacial score (nSPS) is 25.5. The minimum absolute atomic E-state index is 0.603. The van der Waals surface area contributed by atoms with Gasteiger partial charge < -0.3 is 5.32 Å². The third kappa shape index (κ3) is 2.45. The number of hydrogen-bond acceptors (Lipinski definition) is 2. The highest BCUT2D eigenvalue weighted by atomic mass is 15.2. The topological polar surface area (TPSA) is 15.3 Å². The Balaban J connectivity index is 1.87. The van der Waals surface area contributed by atoms with Crippen molar-refractivity contribution in [3.63, 3.8) is 0 Å². The fourth-order valence-electron chi connectivity index (χ4n) is 3.37. The van der Waals surface area contributed by atoms with E-state index in [9.17, 15) is 0 Å². The van der Waals surface area contributed by atoms with Crippen molar-refractivity contribution >= 4 is 0 Å². The Morgan fingerprint density at radius 2 is 1.89 bits per heavy atom. The fraction of sp³-hybridized carbons (Fsp3) is 0.625. The summed E-state index contributed by atoms with van der Waals surface area (Å²) in [4.78, 5) is 2.71. The second-order valence-corrected chi connectivity index (χ2v) is 5.80. The summed E-state index contributed by atoms with van der Waals surface area (Å²) in [6.45, 7) is 6.93. The molecular weight excluding hydrogens is 220 g/mol. The Kier molecular flexibility index (Phi) is 3.67. The zero-order valence-corrected chi connectivity index (χ0v) is 11.4. The largest absolute Gasteiger partial charge is 0.311 e. The number of likely N-dealkylation sites (tertiary alicyclic amines) is 1. The highest BCUT2D eigenvalue weighted by Crippen LogP contribution is 2.29.